The predicted octanol–water partition coefficient (Wildman–Crippen LogP) is 3.10. The van der Waals surface area contributed by atoms with Crippen molar-refractivity contribution in [3.63, 3.8) is 0 Å². The molecule has 3 rings (SSSR count). The molecule has 0 aromatic rings. The van der Waals surface area contributed by atoms with E-state index in [0.29, 0.717) is 5.78 Å². The maximum absolute atomic E-state index is 11.3. The van der Waals surface area contributed by atoms with Crippen molar-refractivity contribution in [2.75, 3.05) is 6.61 Å². The lowest BCUT2D eigenvalue weighted by molar-refractivity contribution is -0.152. The fraction of sp³-hybridized carbons (Fsp3) is 0.929. The lowest BCUT2D eigenvalue weighted by atomic mass is 9.66. The van der Waals surface area contributed by atoms with Crippen molar-refractivity contribution in [3.05, 3.63) is 0 Å². The molecule has 0 N–H and O–H groups in total. The zero-order chi connectivity index (χ0) is 11.0. The predicted molar refractivity (Wildman–Crippen MR) is 62.2 cm³/mol. The third-order valence-electron chi connectivity index (χ3n) is 5.05. The Balaban J connectivity index is 1.59. The van der Waals surface area contributed by atoms with Gasteiger partial charge in [-0.25, -0.2) is 0 Å². The molecule has 1 heterocycles. The van der Waals surface area contributed by atoms with Gasteiger partial charge in [-0.1, -0.05) is 0 Å². The van der Waals surface area contributed by atoms with Crippen LogP contribution in [0.15, 0.2) is 0 Å². The van der Waals surface area contributed by atoms with E-state index in [1.54, 1.807) is 0 Å². The second-order valence-electron chi connectivity index (χ2n) is 6.01. The van der Waals surface area contributed by atoms with Gasteiger partial charge in [0.25, 0.3) is 0 Å². The fourth-order valence-corrected chi connectivity index (χ4v) is 3.82. The molecular weight excluding hydrogens is 200 g/mol. The van der Waals surface area contributed by atoms with Crippen LogP contribution in [0, 0.1) is 11.8 Å². The minimum Gasteiger partial charge on any atom is -0.375 e. The van der Waals surface area contributed by atoms with Crippen LogP contribution in [-0.2, 0) is 9.53 Å². The lowest BCUT2D eigenvalue weighted by Gasteiger charge is -2.49. The van der Waals surface area contributed by atoms with Crippen LogP contribution in [0.4, 0.5) is 0 Å². The number of carbonyl (C=O) groups is 1. The summed E-state index contributed by atoms with van der Waals surface area (Å²) >= 11 is 0. The van der Waals surface area contributed by atoms with Crippen LogP contribution >= 0.6 is 0 Å². The maximum Gasteiger partial charge on any atom is 0.132 e. The van der Waals surface area contributed by atoms with E-state index in [-0.39, 0.29) is 5.60 Å². The van der Waals surface area contributed by atoms with Crippen molar-refractivity contribution >= 4 is 5.78 Å². The normalized spacial score (nSPS) is 35.0. The second-order valence-corrected chi connectivity index (χ2v) is 6.01. The van der Waals surface area contributed by atoms with E-state index in [4.69, 9.17) is 4.74 Å². The molecule has 2 saturated carbocycles. The van der Waals surface area contributed by atoms with Crippen molar-refractivity contribution in [2.24, 2.45) is 11.8 Å². The summed E-state index contributed by atoms with van der Waals surface area (Å²) in [6.07, 6.45) is 10.4. The van der Waals surface area contributed by atoms with Crippen LogP contribution in [0.5, 0.6) is 0 Å². The average molecular weight is 222 g/mol. The van der Waals surface area contributed by atoms with Gasteiger partial charge in [-0.05, 0) is 56.8 Å². The van der Waals surface area contributed by atoms with Crippen molar-refractivity contribution in [1.29, 1.82) is 0 Å². The largest absolute Gasteiger partial charge is 0.375 e. The van der Waals surface area contributed by atoms with E-state index in [1.165, 1.54) is 32.1 Å². The van der Waals surface area contributed by atoms with Crippen LogP contribution < -0.4 is 0 Å². The Bertz CT molecular complexity index is 270. The average Bonchev–Trinajstić information content (AvgIpc) is 2.28. The first kappa shape index (κ1) is 10.8. The maximum atomic E-state index is 11.3. The SMILES string of the molecule is O=C1CCC(C2CCOC3(CCC3)C2)CC1. The number of rotatable bonds is 1. The number of Topliss-reactive ketones (excluding diaryl/α,β-unsaturated/α-hetero) is 1. The molecule has 0 radical (unpaired) electrons. The lowest BCUT2D eigenvalue weighted by Crippen LogP contribution is -2.47. The molecule has 3 fully saturated rings. The molecule has 1 saturated heterocycles. The Morgan fingerprint density at radius 3 is 2.44 bits per heavy atom. The van der Waals surface area contributed by atoms with Crippen molar-refractivity contribution in [2.45, 2.75) is 63.4 Å². The summed E-state index contributed by atoms with van der Waals surface area (Å²) in [4.78, 5) is 11.3. The molecule has 1 spiro atoms. The number of ketones is 1. The number of carbonyl (C=O) groups excluding carboxylic acids is 1. The van der Waals surface area contributed by atoms with Gasteiger partial charge in [-0.3, -0.25) is 4.79 Å². The van der Waals surface area contributed by atoms with Gasteiger partial charge < -0.3 is 4.74 Å². The molecule has 1 aliphatic heterocycles. The summed E-state index contributed by atoms with van der Waals surface area (Å²) in [5.41, 5.74) is 0.282. The molecule has 90 valence electrons. The highest BCUT2D eigenvalue weighted by atomic mass is 16.5. The van der Waals surface area contributed by atoms with E-state index < -0.39 is 0 Å². The smallest absolute Gasteiger partial charge is 0.132 e. The monoisotopic (exact) mass is 222 g/mol. The van der Waals surface area contributed by atoms with Gasteiger partial charge in [0.2, 0.25) is 0 Å². The molecule has 0 aromatic carbocycles. The summed E-state index contributed by atoms with van der Waals surface area (Å²) in [5, 5.41) is 0. The van der Waals surface area contributed by atoms with Crippen molar-refractivity contribution in [3.8, 4) is 0 Å². The van der Waals surface area contributed by atoms with Crippen molar-refractivity contribution < 1.29 is 9.53 Å². The molecule has 1 atom stereocenters. The van der Waals surface area contributed by atoms with Gasteiger partial charge in [-0.15, -0.1) is 0 Å². The Morgan fingerprint density at radius 1 is 1.06 bits per heavy atom. The summed E-state index contributed by atoms with van der Waals surface area (Å²) < 4.78 is 5.98. The van der Waals surface area contributed by atoms with Crippen molar-refractivity contribution in [1.82, 2.24) is 0 Å². The molecule has 2 nitrogen and oxygen atoms in total. The van der Waals surface area contributed by atoms with Gasteiger partial charge >= 0.3 is 0 Å². The first-order chi connectivity index (χ1) is 7.77. The van der Waals surface area contributed by atoms with Gasteiger partial charge in [0.1, 0.15) is 5.78 Å². The zero-order valence-electron chi connectivity index (χ0n) is 10.0. The molecule has 0 amide bonds. The summed E-state index contributed by atoms with van der Waals surface area (Å²) in [6.45, 7) is 0.967. The molecule has 16 heavy (non-hydrogen) atoms. The van der Waals surface area contributed by atoms with E-state index in [2.05, 4.69) is 0 Å². The molecule has 3 aliphatic rings. The first-order valence-corrected chi connectivity index (χ1v) is 6.93. The van der Waals surface area contributed by atoms with Crippen LogP contribution in [-0.4, -0.2) is 18.0 Å². The molecule has 1 unspecified atom stereocenters. The second kappa shape index (κ2) is 4.14. The highest BCUT2D eigenvalue weighted by molar-refractivity contribution is 5.79. The van der Waals surface area contributed by atoms with Crippen LogP contribution in [0.25, 0.3) is 0 Å². The fourth-order valence-electron chi connectivity index (χ4n) is 3.82. The van der Waals surface area contributed by atoms with E-state index in [0.717, 1.165) is 44.1 Å². The van der Waals surface area contributed by atoms with E-state index in [1.807, 2.05) is 0 Å². The molecular formula is C14H22O2. The van der Waals surface area contributed by atoms with Gasteiger partial charge in [0.05, 0.1) is 5.60 Å². The summed E-state index contributed by atoms with van der Waals surface area (Å²) in [6, 6.07) is 0. The van der Waals surface area contributed by atoms with Gasteiger partial charge in [0, 0.05) is 19.4 Å². The Hall–Kier alpha value is -0.370. The quantitative estimate of drug-likeness (QED) is 0.681. The number of hydrogen-bond acceptors (Lipinski definition) is 2. The van der Waals surface area contributed by atoms with E-state index in [9.17, 15) is 4.79 Å². The van der Waals surface area contributed by atoms with Crippen LogP contribution in [0.2, 0.25) is 0 Å². The van der Waals surface area contributed by atoms with Crippen LogP contribution in [0.3, 0.4) is 0 Å². The Labute approximate surface area is 97.7 Å². The third-order valence-corrected chi connectivity index (χ3v) is 5.05. The Kier molecular flexibility index (Phi) is 2.78. The first-order valence-electron chi connectivity index (χ1n) is 6.93. The topological polar surface area (TPSA) is 26.3 Å². The number of ether oxygens (including phenoxy) is 1. The summed E-state index contributed by atoms with van der Waals surface area (Å²) in [7, 11) is 0. The highest BCUT2D eigenvalue weighted by Crippen LogP contribution is 2.47. The third kappa shape index (κ3) is 1.92. The van der Waals surface area contributed by atoms with Gasteiger partial charge in [-0.2, -0.15) is 0 Å². The van der Waals surface area contributed by atoms with E-state index >= 15 is 0 Å². The van der Waals surface area contributed by atoms with Crippen LogP contribution in [0.1, 0.15) is 57.8 Å². The minimum absolute atomic E-state index is 0.282. The minimum atomic E-state index is 0.282. The highest BCUT2D eigenvalue weighted by Gasteiger charge is 2.44. The Morgan fingerprint density at radius 2 is 1.81 bits per heavy atom. The standard InChI is InChI=1S/C14H22O2/c15-13-4-2-11(3-5-13)12-6-9-16-14(10-12)7-1-8-14/h11-12H,1-10H2. The zero-order valence-corrected chi connectivity index (χ0v) is 10.0. The molecule has 0 bridgehead atoms. The summed E-state index contributed by atoms with van der Waals surface area (Å²) in [5.74, 6) is 2.16. The molecule has 2 aliphatic carbocycles. The molecule has 0 aromatic heterocycles. The number of hydrogen-bond donors (Lipinski definition) is 0. The molecule has 2 heteroatoms. The van der Waals surface area contributed by atoms with Gasteiger partial charge in [0.15, 0.2) is 0 Å².